The van der Waals surface area contributed by atoms with Gasteiger partial charge in [-0.15, -0.1) is 0 Å². The van der Waals surface area contributed by atoms with Crippen molar-refractivity contribution in [3.8, 4) is 5.75 Å². The van der Waals surface area contributed by atoms with Crippen molar-refractivity contribution in [1.82, 2.24) is 5.16 Å². The summed E-state index contributed by atoms with van der Waals surface area (Å²) in [6.45, 7) is 1.70. The fourth-order valence-corrected chi connectivity index (χ4v) is 1.90. The fourth-order valence-electron chi connectivity index (χ4n) is 1.73. The van der Waals surface area contributed by atoms with Crippen LogP contribution in [0.2, 0.25) is 5.02 Å². The molecular weight excluding hydrogens is 310 g/mol. The first-order valence-corrected chi connectivity index (χ1v) is 6.72. The normalized spacial score (nSPS) is 10.1. The lowest BCUT2D eigenvalue weighted by Crippen LogP contribution is -2.21. The number of aromatic nitrogens is 1. The average molecular weight is 324 g/mol. The number of carbonyl (C=O) groups is 2. The maximum atomic E-state index is 11.9. The third-order valence-corrected chi connectivity index (χ3v) is 2.89. The maximum absolute atomic E-state index is 11.9. The topological polar surface area (TPSA) is 93.5 Å². The first kappa shape index (κ1) is 15.8. The second kappa shape index (κ2) is 6.95. The van der Waals surface area contributed by atoms with Gasteiger partial charge in [0.2, 0.25) is 11.8 Å². The van der Waals surface area contributed by atoms with E-state index in [9.17, 15) is 9.59 Å². The lowest BCUT2D eigenvalue weighted by atomic mass is 10.2. The van der Waals surface area contributed by atoms with Gasteiger partial charge in [0.15, 0.2) is 5.82 Å². The molecule has 0 aliphatic carbocycles. The van der Waals surface area contributed by atoms with E-state index in [1.165, 1.54) is 13.2 Å². The molecule has 0 saturated heterocycles. The predicted molar refractivity (Wildman–Crippen MR) is 81.1 cm³/mol. The van der Waals surface area contributed by atoms with Gasteiger partial charge in [0.05, 0.1) is 12.8 Å². The van der Waals surface area contributed by atoms with Crippen molar-refractivity contribution >= 4 is 34.9 Å². The van der Waals surface area contributed by atoms with Crippen LogP contribution in [0.25, 0.3) is 0 Å². The number of amides is 2. The van der Waals surface area contributed by atoms with Gasteiger partial charge in [-0.05, 0) is 25.1 Å². The van der Waals surface area contributed by atoms with Gasteiger partial charge in [0, 0.05) is 11.1 Å². The zero-order valence-corrected chi connectivity index (χ0v) is 12.7. The van der Waals surface area contributed by atoms with Crippen molar-refractivity contribution in [1.29, 1.82) is 0 Å². The number of aryl methyl sites for hydroxylation is 1. The number of nitrogens with one attached hydrogen (secondary N) is 2. The third kappa shape index (κ3) is 4.23. The Morgan fingerprint density at radius 3 is 2.64 bits per heavy atom. The molecule has 0 bridgehead atoms. The Morgan fingerprint density at radius 2 is 2.00 bits per heavy atom. The monoisotopic (exact) mass is 323 g/mol. The number of hydrogen-bond donors (Lipinski definition) is 2. The van der Waals surface area contributed by atoms with Crippen molar-refractivity contribution in [2.75, 3.05) is 17.7 Å². The lowest BCUT2D eigenvalue weighted by molar-refractivity contribution is -0.123. The Labute approximate surface area is 131 Å². The lowest BCUT2D eigenvalue weighted by Gasteiger charge is -2.10. The minimum atomic E-state index is -0.508. The highest BCUT2D eigenvalue weighted by Crippen LogP contribution is 2.27. The van der Waals surface area contributed by atoms with Crippen molar-refractivity contribution in [2.45, 2.75) is 13.3 Å². The van der Waals surface area contributed by atoms with Crippen LogP contribution in [0, 0.1) is 6.92 Å². The molecule has 0 fully saturated rings. The van der Waals surface area contributed by atoms with E-state index in [2.05, 4.69) is 15.8 Å². The minimum Gasteiger partial charge on any atom is -0.495 e. The molecule has 2 rings (SSSR count). The van der Waals surface area contributed by atoms with E-state index in [0.717, 1.165) is 0 Å². The van der Waals surface area contributed by atoms with E-state index < -0.39 is 11.8 Å². The number of benzene rings is 1. The van der Waals surface area contributed by atoms with E-state index in [1.807, 2.05) is 0 Å². The molecule has 7 nitrogen and oxygen atoms in total. The number of halogens is 1. The Kier molecular flexibility index (Phi) is 5.00. The molecule has 22 heavy (non-hydrogen) atoms. The smallest absolute Gasteiger partial charge is 0.235 e. The largest absolute Gasteiger partial charge is 0.495 e. The minimum absolute atomic E-state index is 0.260. The van der Waals surface area contributed by atoms with Crippen LogP contribution in [0.1, 0.15) is 12.2 Å². The summed E-state index contributed by atoms with van der Waals surface area (Å²) in [7, 11) is 1.47. The highest BCUT2D eigenvalue weighted by atomic mass is 35.5. The van der Waals surface area contributed by atoms with Gasteiger partial charge in [0.25, 0.3) is 0 Å². The van der Waals surface area contributed by atoms with Gasteiger partial charge in [-0.3, -0.25) is 9.59 Å². The molecule has 0 atom stereocenters. The van der Waals surface area contributed by atoms with Gasteiger partial charge in [-0.2, -0.15) is 0 Å². The van der Waals surface area contributed by atoms with Crippen molar-refractivity contribution in [3.63, 3.8) is 0 Å². The molecule has 0 aliphatic rings. The standard InChI is InChI=1S/C14H14ClN3O4/c1-8-5-12(18-22-8)17-14(20)7-13(19)16-10-6-9(15)3-4-11(10)21-2/h3-6H,7H2,1-2H3,(H,16,19)(H,17,18,20). The molecule has 0 saturated carbocycles. The summed E-state index contributed by atoms with van der Waals surface area (Å²) in [5.74, 6) is 0.259. The highest BCUT2D eigenvalue weighted by molar-refractivity contribution is 6.31. The van der Waals surface area contributed by atoms with Crippen LogP contribution >= 0.6 is 11.6 Å². The molecule has 2 amide bonds. The maximum Gasteiger partial charge on any atom is 0.235 e. The van der Waals surface area contributed by atoms with Crippen LogP contribution in [-0.2, 0) is 9.59 Å². The summed E-state index contributed by atoms with van der Waals surface area (Å²) in [6.07, 6.45) is -0.373. The molecule has 0 spiro atoms. The van der Waals surface area contributed by atoms with Gasteiger partial charge >= 0.3 is 0 Å². The Balaban J connectivity index is 1.95. The molecule has 8 heteroatoms. The fraction of sp³-hybridized carbons (Fsp3) is 0.214. The number of carbonyl (C=O) groups excluding carboxylic acids is 2. The number of anilines is 2. The van der Waals surface area contributed by atoms with Crippen LogP contribution in [0.15, 0.2) is 28.8 Å². The van der Waals surface area contributed by atoms with Gasteiger partial charge in [-0.1, -0.05) is 16.8 Å². The third-order valence-electron chi connectivity index (χ3n) is 2.65. The number of rotatable bonds is 5. The van der Waals surface area contributed by atoms with E-state index in [0.29, 0.717) is 22.2 Å². The zero-order chi connectivity index (χ0) is 16.1. The second-order valence-corrected chi connectivity index (χ2v) is 4.88. The van der Waals surface area contributed by atoms with Crippen LogP contribution < -0.4 is 15.4 Å². The van der Waals surface area contributed by atoms with Crippen molar-refractivity contribution in [3.05, 3.63) is 35.0 Å². The number of ether oxygens (including phenoxy) is 1. The molecular formula is C14H14ClN3O4. The summed E-state index contributed by atoms with van der Waals surface area (Å²) < 4.78 is 9.92. The Bertz CT molecular complexity index is 699. The van der Waals surface area contributed by atoms with Crippen LogP contribution in [0.5, 0.6) is 5.75 Å². The van der Waals surface area contributed by atoms with E-state index >= 15 is 0 Å². The SMILES string of the molecule is COc1ccc(Cl)cc1NC(=O)CC(=O)Nc1cc(C)on1. The quantitative estimate of drug-likeness (QED) is 0.825. The molecule has 1 aromatic heterocycles. The summed E-state index contributed by atoms with van der Waals surface area (Å²) in [6, 6.07) is 6.35. The molecule has 1 aromatic carbocycles. The summed E-state index contributed by atoms with van der Waals surface area (Å²) in [5.41, 5.74) is 0.394. The highest BCUT2D eigenvalue weighted by Gasteiger charge is 2.14. The van der Waals surface area contributed by atoms with Crippen LogP contribution in [0.3, 0.4) is 0 Å². The molecule has 0 unspecified atom stereocenters. The zero-order valence-electron chi connectivity index (χ0n) is 12.0. The molecule has 0 aliphatic heterocycles. The van der Waals surface area contributed by atoms with Crippen LogP contribution in [0.4, 0.5) is 11.5 Å². The second-order valence-electron chi connectivity index (χ2n) is 4.44. The van der Waals surface area contributed by atoms with Gasteiger partial charge in [-0.25, -0.2) is 0 Å². The van der Waals surface area contributed by atoms with E-state index in [4.69, 9.17) is 20.9 Å². The number of hydrogen-bond acceptors (Lipinski definition) is 5. The predicted octanol–water partition coefficient (Wildman–Crippen LogP) is 2.61. The first-order chi connectivity index (χ1) is 10.5. The van der Waals surface area contributed by atoms with Gasteiger partial charge in [0.1, 0.15) is 17.9 Å². The Morgan fingerprint density at radius 1 is 1.27 bits per heavy atom. The number of methoxy groups -OCH3 is 1. The van der Waals surface area contributed by atoms with Crippen molar-refractivity contribution < 1.29 is 18.8 Å². The van der Waals surface area contributed by atoms with E-state index in [1.54, 1.807) is 25.1 Å². The molecule has 116 valence electrons. The summed E-state index contributed by atoms with van der Waals surface area (Å²) >= 11 is 5.87. The first-order valence-electron chi connectivity index (χ1n) is 6.34. The van der Waals surface area contributed by atoms with Crippen LogP contribution in [-0.4, -0.2) is 24.1 Å². The Hall–Kier alpha value is -2.54. The van der Waals surface area contributed by atoms with Crippen molar-refractivity contribution in [2.24, 2.45) is 0 Å². The number of nitrogens with zero attached hydrogens (tertiary/aromatic N) is 1. The summed E-state index contributed by atoms with van der Waals surface area (Å²) in [5, 5.41) is 9.08. The summed E-state index contributed by atoms with van der Waals surface area (Å²) in [4.78, 5) is 23.6. The van der Waals surface area contributed by atoms with Gasteiger partial charge < -0.3 is 19.9 Å². The van der Waals surface area contributed by atoms with E-state index in [-0.39, 0.29) is 12.2 Å². The molecule has 2 aromatic rings. The molecule has 2 N–H and O–H groups in total. The molecule has 0 radical (unpaired) electrons. The molecule has 1 heterocycles. The average Bonchev–Trinajstić information content (AvgIpc) is 2.83.